The van der Waals surface area contributed by atoms with Crippen molar-refractivity contribution in [2.24, 2.45) is 7.05 Å². The highest BCUT2D eigenvalue weighted by molar-refractivity contribution is 5.93. The fourth-order valence-corrected chi connectivity index (χ4v) is 3.32. The van der Waals surface area contributed by atoms with Gasteiger partial charge in [-0.2, -0.15) is 5.10 Å². The Hall–Kier alpha value is -2.89. The standard InChI is InChI=1S/C18H17N3O3/c1-20-11-12(10-19-20)14-6-4-8-21(14)18(23)17-9-15(22)13-5-2-3-7-16(13)24-17/h2-3,5,7,9-11,14H,4,6,8H2,1H3. The molecule has 0 aliphatic carbocycles. The Kier molecular flexibility index (Phi) is 3.45. The number of carbonyl (C=O) groups excluding carboxylic acids is 1. The molecule has 0 bridgehead atoms. The van der Waals surface area contributed by atoms with Gasteiger partial charge in [-0.3, -0.25) is 14.3 Å². The average Bonchev–Trinajstić information content (AvgIpc) is 3.22. The second kappa shape index (κ2) is 5.63. The first kappa shape index (κ1) is 14.7. The predicted molar refractivity (Wildman–Crippen MR) is 88.7 cm³/mol. The highest BCUT2D eigenvalue weighted by Gasteiger charge is 2.32. The molecule has 1 unspecified atom stereocenters. The van der Waals surface area contributed by atoms with Crippen LogP contribution in [0.1, 0.15) is 35.0 Å². The average molecular weight is 323 g/mol. The molecule has 3 heterocycles. The molecular formula is C18H17N3O3. The zero-order chi connectivity index (χ0) is 16.7. The van der Waals surface area contributed by atoms with Crippen molar-refractivity contribution in [1.29, 1.82) is 0 Å². The van der Waals surface area contributed by atoms with E-state index in [9.17, 15) is 9.59 Å². The van der Waals surface area contributed by atoms with Crippen LogP contribution < -0.4 is 5.43 Å². The van der Waals surface area contributed by atoms with Crippen molar-refractivity contribution in [1.82, 2.24) is 14.7 Å². The van der Waals surface area contributed by atoms with Crippen LogP contribution in [0.15, 0.2) is 51.9 Å². The summed E-state index contributed by atoms with van der Waals surface area (Å²) in [6.45, 7) is 0.648. The lowest BCUT2D eigenvalue weighted by Crippen LogP contribution is -2.31. The number of hydrogen-bond donors (Lipinski definition) is 0. The van der Waals surface area contributed by atoms with Crippen molar-refractivity contribution in [2.75, 3.05) is 6.54 Å². The molecule has 1 aromatic carbocycles. The summed E-state index contributed by atoms with van der Waals surface area (Å²) in [6, 6.07) is 8.24. The number of carbonyl (C=O) groups is 1. The van der Waals surface area contributed by atoms with Gasteiger partial charge in [-0.25, -0.2) is 0 Å². The predicted octanol–water partition coefficient (Wildman–Crippen LogP) is 2.50. The molecule has 0 spiro atoms. The van der Waals surface area contributed by atoms with Gasteiger partial charge in [0.1, 0.15) is 5.58 Å². The number of rotatable bonds is 2. The fraction of sp³-hybridized carbons (Fsp3) is 0.278. The third-order valence-corrected chi connectivity index (χ3v) is 4.47. The van der Waals surface area contributed by atoms with Crippen molar-refractivity contribution in [2.45, 2.75) is 18.9 Å². The smallest absolute Gasteiger partial charge is 0.290 e. The van der Waals surface area contributed by atoms with E-state index in [0.29, 0.717) is 17.5 Å². The van der Waals surface area contributed by atoms with Gasteiger partial charge in [0.25, 0.3) is 5.91 Å². The molecule has 1 amide bonds. The van der Waals surface area contributed by atoms with Crippen LogP contribution in [0, 0.1) is 0 Å². The summed E-state index contributed by atoms with van der Waals surface area (Å²) in [7, 11) is 1.85. The van der Waals surface area contributed by atoms with Gasteiger partial charge < -0.3 is 9.32 Å². The van der Waals surface area contributed by atoms with Crippen LogP contribution in [0.4, 0.5) is 0 Å². The van der Waals surface area contributed by atoms with Gasteiger partial charge in [-0.05, 0) is 25.0 Å². The number of aromatic nitrogens is 2. The van der Waals surface area contributed by atoms with Gasteiger partial charge in [0, 0.05) is 31.4 Å². The van der Waals surface area contributed by atoms with Crippen molar-refractivity contribution < 1.29 is 9.21 Å². The normalized spacial score (nSPS) is 17.5. The maximum atomic E-state index is 12.9. The first-order valence-electron chi connectivity index (χ1n) is 7.96. The Bertz CT molecular complexity index is 973. The van der Waals surface area contributed by atoms with Crippen molar-refractivity contribution >= 4 is 16.9 Å². The highest BCUT2D eigenvalue weighted by atomic mass is 16.3. The van der Waals surface area contributed by atoms with E-state index in [1.54, 1.807) is 40.0 Å². The monoisotopic (exact) mass is 323 g/mol. The molecule has 0 N–H and O–H groups in total. The van der Waals surface area contributed by atoms with E-state index in [2.05, 4.69) is 5.10 Å². The SMILES string of the molecule is Cn1cc(C2CCCN2C(=O)c2cc(=O)c3ccccc3o2)cn1. The van der Waals surface area contributed by atoms with Gasteiger partial charge in [-0.15, -0.1) is 0 Å². The van der Waals surface area contributed by atoms with E-state index in [1.165, 1.54) is 6.07 Å². The Morgan fingerprint density at radius 2 is 2.17 bits per heavy atom. The van der Waals surface area contributed by atoms with Crippen molar-refractivity contribution in [3.8, 4) is 0 Å². The lowest BCUT2D eigenvalue weighted by Gasteiger charge is -2.23. The zero-order valence-corrected chi connectivity index (χ0v) is 13.3. The second-order valence-corrected chi connectivity index (χ2v) is 6.07. The minimum atomic E-state index is -0.246. The summed E-state index contributed by atoms with van der Waals surface area (Å²) in [5.74, 6) is -0.154. The van der Waals surface area contributed by atoms with Crippen molar-refractivity contribution in [3.63, 3.8) is 0 Å². The van der Waals surface area contributed by atoms with Crippen LogP contribution in [0.5, 0.6) is 0 Å². The quantitative estimate of drug-likeness (QED) is 0.726. The molecule has 0 radical (unpaired) electrons. The molecule has 1 saturated heterocycles. The molecule has 1 aliphatic rings. The number of amides is 1. The van der Waals surface area contributed by atoms with Crippen LogP contribution in [-0.2, 0) is 7.05 Å². The van der Waals surface area contributed by atoms with Gasteiger partial charge in [0.05, 0.1) is 17.6 Å². The molecule has 122 valence electrons. The van der Waals surface area contributed by atoms with Gasteiger partial charge in [0.2, 0.25) is 0 Å². The molecule has 6 nitrogen and oxygen atoms in total. The van der Waals surface area contributed by atoms with Crippen molar-refractivity contribution in [3.05, 3.63) is 64.3 Å². The first-order valence-corrected chi connectivity index (χ1v) is 7.96. The maximum Gasteiger partial charge on any atom is 0.290 e. The molecular weight excluding hydrogens is 306 g/mol. The molecule has 1 atom stereocenters. The fourth-order valence-electron chi connectivity index (χ4n) is 3.32. The minimum absolute atomic E-state index is 0.0250. The Balaban J connectivity index is 1.71. The molecule has 4 rings (SSSR count). The minimum Gasteiger partial charge on any atom is -0.451 e. The van der Waals surface area contributed by atoms with Gasteiger partial charge >= 0.3 is 0 Å². The highest BCUT2D eigenvalue weighted by Crippen LogP contribution is 2.32. The van der Waals surface area contributed by atoms with E-state index in [1.807, 2.05) is 13.2 Å². The van der Waals surface area contributed by atoms with E-state index in [4.69, 9.17) is 4.42 Å². The topological polar surface area (TPSA) is 68.3 Å². The number of likely N-dealkylation sites (tertiary alicyclic amines) is 1. The van der Waals surface area contributed by atoms with E-state index >= 15 is 0 Å². The molecule has 2 aromatic heterocycles. The number of benzene rings is 1. The molecule has 1 aliphatic heterocycles. The third kappa shape index (κ3) is 2.40. The molecule has 0 saturated carbocycles. The Morgan fingerprint density at radius 1 is 1.33 bits per heavy atom. The lowest BCUT2D eigenvalue weighted by atomic mass is 10.1. The first-order chi connectivity index (χ1) is 11.6. The molecule has 6 heteroatoms. The Labute approximate surface area is 138 Å². The Morgan fingerprint density at radius 3 is 2.96 bits per heavy atom. The van der Waals surface area contributed by atoms with Crippen LogP contribution >= 0.6 is 0 Å². The number of hydrogen-bond acceptors (Lipinski definition) is 4. The van der Waals surface area contributed by atoms with Gasteiger partial charge in [-0.1, -0.05) is 12.1 Å². The zero-order valence-electron chi connectivity index (χ0n) is 13.3. The summed E-state index contributed by atoms with van der Waals surface area (Å²) in [4.78, 5) is 26.9. The van der Waals surface area contributed by atoms with Crippen LogP contribution in [0.25, 0.3) is 11.0 Å². The summed E-state index contributed by atoms with van der Waals surface area (Å²) < 4.78 is 7.42. The molecule has 1 fully saturated rings. The second-order valence-electron chi connectivity index (χ2n) is 6.07. The van der Waals surface area contributed by atoms with E-state index in [-0.39, 0.29) is 23.1 Å². The molecule has 24 heavy (non-hydrogen) atoms. The number of fused-ring (bicyclic) bond motifs is 1. The number of nitrogens with zero attached hydrogens (tertiary/aromatic N) is 3. The summed E-state index contributed by atoms with van der Waals surface area (Å²) in [6.07, 6.45) is 5.51. The largest absolute Gasteiger partial charge is 0.451 e. The number of aryl methyl sites for hydroxylation is 1. The molecule has 3 aromatic rings. The van der Waals surface area contributed by atoms with E-state index in [0.717, 1.165) is 18.4 Å². The summed E-state index contributed by atoms with van der Waals surface area (Å²) >= 11 is 0. The lowest BCUT2D eigenvalue weighted by molar-refractivity contribution is 0.0704. The maximum absolute atomic E-state index is 12.9. The summed E-state index contributed by atoms with van der Waals surface area (Å²) in [5, 5.41) is 4.67. The van der Waals surface area contributed by atoms with Crippen LogP contribution in [0.2, 0.25) is 0 Å². The third-order valence-electron chi connectivity index (χ3n) is 4.47. The summed E-state index contributed by atoms with van der Waals surface area (Å²) in [5.41, 5.74) is 1.24. The van der Waals surface area contributed by atoms with Crippen LogP contribution in [-0.4, -0.2) is 27.1 Å². The van der Waals surface area contributed by atoms with Crippen LogP contribution in [0.3, 0.4) is 0 Å². The van der Waals surface area contributed by atoms with Gasteiger partial charge in [0.15, 0.2) is 11.2 Å². The number of para-hydroxylation sites is 1. The van der Waals surface area contributed by atoms with E-state index < -0.39 is 0 Å².